The van der Waals surface area contributed by atoms with Crippen LogP contribution in [0, 0.1) is 12.8 Å². The molecule has 0 spiro atoms. The van der Waals surface area contributed by atoms with Crippen LogP contribution >= 0.6 is 0 Å². The van der Waals surface area contributed by atoms with Crippen LogP contribution in [0.3, 0.4) is 0 Å². The minimum Gasteiger partial charge on any atom is -0.465 e. The van der Waals surface area contributed by atoms with E-state index in [0.29, 0.717) is 12.1 Å². The van der Waals surface area contributed by atoms with Crippen molar-refractivity contribution >= 4 is 0 Å². The molecule has 17 heavy (non-hydrogen) atoms. The monoisotopic (exact) mass is 235 g/mol. The standard InChI is InChI=1S/C15H25NO/c1-11-5-4-6-14(9-7-11)16-13(3)15-10-8-12(2)17-15/h8,10-11,13-14,16H,4-7,9H2,1-3H3. The van der Waals surface area contributed by atoms with Gasteiger partial charge in [-0.15, -0.1) is 0 Å². The number of rotatable bonds is 3. The van der Waals surface area contributed by atoms with E-state index in [1.165, 1.54) is 32.1 Å². The number of furan rings is 1. The summed E-state index contributed by atoms with van der Waals surface area (Å²) in [5.41, 5.74) is 0. The second-order valence-electron chi connectivity index (χ2n) is 5.65. The second-order valence-corrected chi connectivity index (χ2v) is 5.65. The van der Waals surface area contributed by atoms with Gasteiger partial charge in [0.15, 0.2) is 0 Å². The summed E-state index contributed by atoms with van der Waals surface area (Å²) in [6.07, 6.45) is 6.75. The smallest absolute Gasteiger partial charge is 0.120 e. The van der Waals surface area contributed by atoms with Crippen LogP contribution in [0.1, 0.15) is 63.5 Å². The molecule has 0 aromatic carbocycles. The molecular weight excluding hydrogens is 210 g/mol. The first-order valence-corrected chi connectivity index (χ1v) is 6.97. The lowest BCUT2D eigenvalue weighted by atomic mass is 10.0. The first kappa shape index (κ1) is 12.7. The zero-order valence-corrected chi connectivity index (χ0v) is 11.3. The third-order valence-corrected chi connectivity index (χ3v) is 3.93. The second kappa shape index (κ2) is 5.72. The Morgan fingerprint density at radius 1 is 1.24 bits per heavy atom. The Hall–Kier alpha value is -0.760. The van der Waals surface area contributed by atoms with Gasteiger partial charge in [-0.25, -0.2) is 0 Å². The van der Waals surface area contributed by atoms with E-state index in [-0.39, 0.29) is 0 Å². The van der Waals surface area contributed by atoms with Gasteiger partial charge in [0.05, 0.1) is 6.04 Å². The Labute approximate surface area is 105 Å². The predicted octanol–water partition coefficient (Wildman–Crippen LogP) is 4.21. The Morgan fingerprint density at radius 3 is 2.76 bits per heavy atom. The quantitative estimate of drug-likeness (QED) is 0.794. The fourth-order valence-corrected chi connectivity index (χ4v) is 2.78. The lowest BCUT2D eigenvalue weighted by molar-refractivity contribution is 0.358. The molecule has 2 nitrogen and oxygen atoms in total. The molecule has 2 heteroatoms. The van der Waals surface area contributed by atoms with Gasteiger partial charge >= 0.3 is 0 Å². The van der Waals surface area contributed by atoms with E-state index in [4.69, 9.17) is 4.42 Å². The molecule has 0 radical (unpaired) electrons. The zero-order valence-electron chi connectivity index (χ0n) is 11.3. The molecule has 3 unspecified atom stereocenters. The lowest BCUT2D eigenvalue weighted by Gasteiger charge is -2.20. The summed E-state index contributed by atoms with van der Waals surface area (Å²) in [5.74, 6) is 2.98. The first-order chi connectivity index (χ1) is 8.15. The minimum absolute atomic E-state index is 0.335. The van der Waals surface area contributed by atoms with Crippen molar-refractivity contribution in [2.45, 2.75) is 65.0 Å². The third kappa shape index (κ3) is 3.60. The molecule has 1 saturated carbocycles. The van der Waals surface area contributed by atoms with Crippen LogP contribution in [0.25, 0.3) is 0 Å². The SMILES string of the molecule is Cc1ccc(C(C)NC2CCCC(C)CC2)o1. The summed E-state index contributed by atoms with van der Waals surface area (Å²) >= 11 is 0. The molecule has 1 aromatic rings. The van der Waals surface area contributed by atoms with Crippen molar-refractivity contribution in [1.82, 2.24) is 5.32 Å². The first-order valence-electron chi connectivity index (χ1n) is 6.97. The molecular formula is C15H25NO. The van der Waals surface area contributed by atoms with Crippen LogP contribution in [0.4, 0.5) is 0 Å². The molecule has 0 bridgehead atoms. The Bertz CT molecular complexity index is 344. The molecule has 1 fully saturated rings. The third-order valence-electron chi connectivity index (χ3n) is 3.93. The Morgan fingerprint density at radius 2 is 2.06 bits per heavy atom. The van der Waals surface area contributed by atoms with Crippen molar-refractivity contribution in [3.05, 3.63) is 23.7 Å². The van der Waals surface area contributed by atoms with Crippen molar-refractivity contribution in [3.63, 3.8) is 0 Å². The van der Waals surface area contributed by atoms with Gasteiger partial charge in [0.25, 0.3) is 0 Å². The number of hydrogen-bond donors (Lipinski definition) is 1. The Balaban J connectivity index is 1.87. The van der Waals surface area contributed by atoms with Crippen molar-refractivity contribution in [3.8, 4) is 0 Å². The van der Waals surface area contributed by atoms with Crippen molar-refractivity contribution < 1.29 is 4.42 Å². The van der Waals surface area contributed by atoms with Gasteiger partial charge in [0, 0.05) is 6.04 Å². The van der Waals surface area contributed by atoms with E-state index in [9.17, 15) is 0 Å². The highest BCUT2D eigenvalue weighted by Crippen LogP contribution is 2.25. The molecule has 1 aromatic heterocycles. The summed E-state index contributed by atoms with van der Waals surface area (Å²) in [6.45, 7) is 6.58. The number of hydrogen-bond acceptors (Lipinski definition) is 2. The van der Waals surface area contributed by atoms with Gasteiger partial charge in [-0.1, -0.05) is 19.8 Å². The molecule has 1 aliphatic carbocycles. The maximum atomic E-state index is 5.68. The summed E-state index contributed by atoms with van der Waals surface area (Å²) in [5, 5.41) is 3.72. The van der Waals surface area contributed by atoms with Crippen LogP contribution in [-0.2, 0) is 0 Å². The number of aryl methyl sites for hydroxylation is 1. The fraction of sp³-hybridized carbons (Fsp3) is 0.733. The van der Waals surface area contributed by atoms with Gasteiger partial charge in [-0.3, -0.25) is 0 Å². The minimum atomic E-state index is 0.335. The molecule has 0 aliphatic heterocycles. The van der Waals surface area contributed by atoms with Crippen LogP contribution in [0.5, 0.6) is 0 Å². The van der Waals surface area contributed by atoms with Crippen LogP contribution in [0.15, 0.2) is 16.5 Å². The van der Waals surface area contributed by atoms with E-state index in [2.05, 4.69) is 25.2 Å². The van der Waals surface area contributed by atoms with E-state index in [1.807, 2.05) is 13.0 Å². The van der Waals surface area contributed by atoms with E-state index < -0.39 is 0 Å². The normalized spacial score (nSPS) is 27.7. The molecule has 96 valence electrons. The average molecular weight is 235 g/mol. The summed E-state index contributed by atoms with van der Waals surface area (Å²) < 4.78 is 5.68. The molecule has 3 atom stereocenters. The maximum Gasteiger partial charge on any atom is 0.120 e. The summed E-state index contributed by atoms with van der Waals surface area (Å²) in [7, 11) is 0. The zero-order chi connectivity index (χ0) is 12.3. The van der Waals surface area contributed by atoms with Gasteiger partial charge in [0.2, 0.25) is 0 Å². The van der Waals surface area contributed by atoms with Crippen LogP contribution < -0.4 is 5.32 Å². The highest BCUT2D eigenvalue weighted by molar-refractivity contribution is 5.09. The van der Waals surface area contributed by atoms with E-state index in [0.717, 1.165) is 17.4 Å². The van der Waals surface area contributed by atoms with Crippen LogP contribution in [-0.4, -0.2) is 6.04 Å². The van der Waals surface area contributed by atoms with Gasteiger partial charge in [-0.2, -0.15) is 0 Å². The van der Waals surface area contributed by atoms with Gasteiger partial charge in [0.1, 0.15) is 11.5 Å². The maximum absolute atomic E-state index is 5.68. The summed E-state index contributed by atoms with van der Waals surface area (Å²) in [4.78, 5) is 0. The van der Waals surface area contributed by atoms with Crippen LogP contribution in [0.2, 0.25) is 0 Å². The molecule has 1 heterocycles. The summed E-state index contributed by atoms with van der Waals surface area (Å²) in [6, 6.07) is 5.14. The molecule has 1 N–H and O–H groups in total. The average Bonchev–Trinajstić information content (AvgIpc) is 2.62. The van der Waals surface area contributed by atoms with Gasteiger partial charge < -0.3 is 9.73 Å². The molecule has 2 rings (SSSR count). The lowest BCUT2D eigenvalue weighted by Crippen LogP contribution is -2.30. The van der Waals surface area contributed by atoms with Crippen molar-refractivity contribution in [2.24, 2.45) is 5.92 Å². The highest BCUT2D eigenvalue weighted by atomic mass is 16.3. The number of nitrogens with one attached hydrogen (secondary N) is 1. The largest absolute Gasteiger partial charge is 0.465 e. The fourth-order valence-electron chi connectivity index (χ4n) is 2.78. The predicted molar refractivity (Wildman–Crippen MR) is 71.0 cm³/mol. The molecule has 1 aliphatic rings. The van der Waals surface area contributed by atoms with Crippen molar-refractivity contribution in [1.29, 1.82) is 0 Å². The van der Waals surface area contributed by atoms with E-state index in [1.54, 1.807) is 0 Å². The van der Waals surface area contributed by atoms with E-state index >= 15 is 0 Å². The highest BCUT2D eigenvalue weighted by Gasteiger charge is 2.19. The Kier molecular flexibility index (Phi) is 4.27. The van der Waals surface area contributed by atoms with Crippen molar-refractivity contribution in [2.75, 3.05) is 0 Å². The topological polar surface area (TPSA) is 25.2 Å². The van der Waals surface area contributed by atoms with Gasteiger partial charge in [-0.05, 0) is 51.2 Å². The molecule has 0 saturated heterocycles. The molecule has 0 amide bonds.